The first-order valence-corrected chi connectivity index (χ1v) is 10.2. The minimum Gasteiger partial charge on any atom is -0.358 e. The molecule has 27 heavy (non-hydrogen) atoms. The molecule has 0 unspecified atom stereocenters. The lowest BCUT2D eigenvalue weighted by Gasteiger charge is -2.38. The van der Waals surface area contributed by atoms with Crippen molar-refractivity contribution in [2.45, 2.75) is 63.6 Å². The van der Waals surface area contributed by atoms with E-state index in [1.807, 2.05) is 19.2 Å². The topological polar surface area (TPSA) is 65.5 Å². The SMILES string of the molecule is CNC(=O)[C@@H](C1CCCCC1)N1CCC[C@H]1C(=O)N(C)Cc1cccnc1. The zero-order chi connectivity index (χ0) is 19.2. The van der Waals surface area contributed by atoms with Crippen molar-refractivity contribution in [1.82, 2.24) is 20.1 Å². The fourth-order valence-corrected chi connectivity index (χ4v) is 4.72. The van der Waals surface area contributed by atoms with Crippen LogP contribution in [0.1, 0.15) is 50.5 Å². The van der Waals surface area contributed by atoms with E-state index >= 15 is 0 Å². The molecule has 2 fully saturated rings. The van der Waals surface area contributed by atoms with E-state index in [9.17, 15) is 9.59 Å². The molecule has 1 aromatic rings. The zero-order valence-electron chi connectivity index (χ0n) is 16.6. The molecular weight excluding hydrogens is 340 g/mol. The Balaban J connectivity index is 1.73. The van der Waals surface area contributed by atoms with Crippen LogP contribution in [0.5, 0.6) is 0 Å². The maximum Gasteiger partial charge on any atom is 0.239 e. The van der Waals surface area contributed by atoms with Gasteiger partial charge in [-0.2, -0.15) is 0 Å². The molecule has 6 nitrogen and oxygen atoms in total. The van der Waals surface area contributed by atoms with Gasteiger partial charge in [0.25, 0.3) is 0 Å². The summed E-state index contributed by atoms with van der Waals surface area (Å²) in [6.07, 6.45) is 11.1. The third kappa shape index (κ3) is 4.67. The molecule has 0 spiro atoms. The molecule has 2 amide bonds. The van der Waals surface area contributed by atoms with Gasteiger partial charge < -0.3 is 10.2 Å². The lowest BCUT2D eigenvalue weighted by Crippen LogP contribution is -2.56. The highest BCUT2D eigenvalue weighted by Crippen LogP contribution is 2.33. The summed E-state index contributed by atoms with van der Waals surface area (Å²) in [6.45, 7) is 1.37. The number of pyridine rings is 1. The number of likely N-dealkylation sites (tertiary alicyclic amines) is 1. The minimum atomic E-state index is -0.198. The molecule has 0 aromatic carbocycles. The molecule has 2 aliphatic rings. The second-order valence-corrected chi connectivity index (χ2v) is 7.91. The molecule has 1 aliphatic carbocycles. The van der Waals surface area contributed by atoms with Gasteiger partial charge >= 0.3 is 0 Å². The van der Waals surface area contributed by atoms with Crippen molar-refractivity contribution in [3.8, 4) is 0 Å². The quantitative estimate of drug-likeness (QED) is 0.831. The summed E-state index contributed by atoms with van der Waals surface area (Å²) in [5.74, 6) is 0.535. The zero-order valence-corrected chi connectivity index (χ0v) is 16.6. The summed E-state index contributed by atoms with van der Waals surface area (Å²) in [5.41, 5.74) is 1.02. The van der Waals surface area contributed by atoms with Gasteiger partial charge in [0.1, 0.15) is 0 Å². The predicted octanol–water partition coefficient (Wildman–Crippen LogP) is 2.20. The van der Waals surface area contributed by atoms with Gasteiger partial charge in [0, 0.05) is 33.0 Å². The van der Waals surface area contributed by atoms with Gasteiger partial charge in [0.2, 0.25) is 11.8 Å². The third-order valence-electron chi connectivity index (χ3n) is 6.07. The van der Waals surface area contributed by atoms with Crippen LogP contribution < -0.4 is 5.32 Å². The highest BCUT2D eigenvalue weighted by molar-refractivity contribution is 5.85. The van der Waals surface area contributed by atoms with E-state index in [4.69, 9.17) is 0 Å². The largest absolute Gasteiger partial charge is 0.358 e. The molecule has 2 atom stereocenters. The Morgan fingerprint density at radius 3 is 2.70 bits per heavy atom. The number of likely N-dealkylation sites (N-methyl/N-ethyl adjacent to an activating group) is 2. The number of amides is 2. The fourth-order valence-electron chi connectivity index (χ4n) is 4.72. The Kier molecular flexibility index (Phi) is 6.83. The van der Waals surface area contributed by atoms with Crippen molar-refractivity contribution in [3.05, 3.63) is 30.1 Å². The average Bonchev–Trinajstić information content (AvgIpc) is 3.18. The van der Waals surface area contributed by atoms with Crippen molar-refractivity contribution in [1.29, 1.82) is 0 Å². The standard InChI is InChI=1S/C21H32N4O2/c1-22-20(26)19(17-9-4-3-5-10-17)25-13-7-11-18(25)21(27)24(2)15-16-8-6-12-23-14-16/h6,8,12,14,17-19H,3-5,7,9-11,13,15H2,1-2H3,(H,22,26)/t18-,19+/m0/s1. The summed E-state index contributed by atoms with van der Waals surface area (Å²) in [6, 6.07) is 3.49. The number of nitrogens with zero attached hydrogens (tertiary/aromatic N) is 3. The van der Waals surface area contributed by atoms with Crippen LogP contribution in [0.4, 0.5) is 0 Å². The average molecular weight is 373 g/mol. The van der Waals surface area contributed by atoms with E-state index in [0.717, 1.165) is 37.8 Å². The van der Waals surface area contributed by atoms with Crippen molar-refractivity contribution >= 4 is 11.8 Å². The van der Waals surface area contributed by atoms with Crippen LogP contribution in [-0.2, 0) is 16.1 Å². The summed E-state index contributed by atoms with van der Waals surface area (Å²) < 4.78 is 0. The van der Waals surface area contributed by atoms with Gasteiger partial charge in [-0.1, -0.05) is 25.3 Å². The van der Waals surface area contributed by atoms with Crippen LogP contribution in [0.2, 0.25) is 0 Å². The van der Waals surface area contributed by atoms with Gasteiger partial charge in [-0.15, -0.1) is 0 Å². The molecule has 0 radical (unpaired) electrons. The van der Waals surface area contributed by atoms with Crippen LogP contribution in [0.25, 0.3) is 0 Å². The lowest BCUT2D eigenvalue weighted by molar-refractivity contribution is -0.139. The first-order chi connectivity index (χ1) is 13.1. The van der Waals surface area contributed by atoms with Crippen LogP contribution in [-0.4, -0.2) is 59.3 Å². The molecule has 2 heterocycles. The maximum absolute atomic E-state index is 13.2. The van der Waals surface area contributed by atoms with E-state index in [0.29, 0.717) is 12.5 Å². The van der Waals surface area contributed by atoms with E-state index in [1.54, 1.807) is 24.3 Å². The third-order valence-corrected chi connectivity index (χ3v) is 6.07. The minimum absolute atomic E-state index is 0.0662. The van der Waals surface area contributed by atoms with Crippen LogP contribution in [0.15, 0.2) is 24.5 Å². The molecular formula is C21H32N4O2. The molecule has 1 aliphatic heterocycles. The van der Waals surface area contributed by atoms with E-state index in [-0.39, 0.29) is 23.9 Å². The molecule has 3 rings (SSSR count). The van der Waals surface area contributed by atoms with Gasteiger partial charge in [-0.25, -0.2) is 0 Å². The van der Waals surface area contributed by atoms with Gasteiger partial charge in [-0.3, -0.25) is 19.5 Å². The number of hydrogen-bond donors (Lipinski definition) is 1. The van der Waals surface area contributed by atoms with Gasteiger partial charge in [-0.05, 0) is 49.8 Å². The summed E-state index contributed by atoms with van der Waals surface area (Å²) >= 11 is 0. The number of aromatic nitrogens is 1. The highest BCUT2D eigenvalue weighted by Gasteiger charge is 2.42. The lowest BCUT2D eigenvalue weighted by atomic mass is 9.82. The predicted molar refractivity (Wildman–Crippen MR) is 105 cm³/mol. The number of hydrogen-bond acceptors (Lipinski definition) is 4. The van der Waals surface area contributed by atoms with Crippen LogP contribution in [0, 0.1) is 5.92 Å². The molecule has 1 saturated carbocycles. The number of carbonyl (C=O) groups is 2. The van der Waals surface area contributed by atoms with Crippen molar-refractivity contribution in [2.24, 2.45) is 5.92 Å². The molecule has 148 valence electrons. The number of nitrogens with one attached hydrogen (secondary N) is 1. The van der Waals surface area contributed by atoms with E-state index in [2.05, 4.69) is 15.2 Å². The Hall–Kier alpha value is -1.95. The van der Waals surface area contributed by atoms with E-state index < -0.39 is 0 Å². The number of carbonyl (C=O) groups excluding carboxylic acids is 2. The van der Waals surface area contributed by atoms with Crippen LogP contribution >= 0.6 is 0 Å². The second kappa shape index (κ2) is 9.31. The number of rotatable bonds is 6. The summed E-state index contributed by atoms with van der Waals surface area (Å²) in [5, 5.41) is 2.85. The summed E-state index contributed by atoms with van der Waals surface area (Å²) in [7, 11) is 3.56. The normalized spacial score (nSPS) is 22.4. The van der Waals surface area contributed by atoms with Crippen molar-refractivity contribution in [2.75, 3.05) is 20.6 Å². The summed E-state index contributed by atoms with van der Waals surface area (Å²) in [4.78, 5) is 34.0. The van der Waals surface area contributed by atoms with Crippen molar-refractivity contribution < 1.29 is 9.59 Å². The highest BCUT2D eigenvalue weighted by atomic mass is 16.2. The first kappa shape index (κ1) is 19.8. The van der Waals surface area contributed by atoms with Crippen LogP contribution in [0.3, 0.4) is 0 Å². The molecule has 1 aromatic heterocycles. The Bertz CT molecular complexity index is 630. The van der Waals surface area contributed by atoms with Gasteiger partial charge in [0.05, 0.1) is 12.1 Å². The van der Waals surface area contributed by atoms with Gasteiger partial charge in [0.15, 0.2) is 0 Å². The Labute approximate surface area is 162 Å². The smallest absolute Gasteiger partial charge is 0.239 e. The molecule has 0 bridgehead atoms. The molecule has 1 saturated heterocycles. The van der Waals surface area contributed by atoms with E-state index in [1.165, 1.54) is 19.3 Å². The molecule has 6 heteroatoms. The second-order valence-electron chi connectivity index (χ2n) is 7.91. The molecule has 1 N–H and O–H groups in total. The first-order valence-electron chi connectivity index (χ1n) is 10.2. The monoisotopic (exact) mass is 372 g/mol. The Morgan fingerprint density at radius 2 is 2.04 bits per heavy atom. The Morgan fingerprint density at radius 1 is 1.26 bits per heavy atom. The maximum atomic E-state index is 13.2. The van der Waals surface area contributed by atoms with Crippen molar-refractivity contribution in [3.63, 3.8) is 0 Å². The fraction of sp³-hybridized carbons (Fsp3) is 0.667.